The summed E-state index contributed by atoms with van der Waals surface area (Å²) in [5.41, 5.74) is 2.85. The molecule has 0 amide bonds. The van der Waals surface area contributed by atoms with Crippen LogP contribution >= 0.6 is 0 Å². The minimum atomic E-state index is 0.540. The van der Waals surface area contributed by atoms with E-state index in [1.165, 1.54) is 30.4 Å². The van der Waals surface area contributed by atoms with Crippen LogP contribution in [0.25, 0.3) is 0 Å². The molecule has 0 aromatic heterocycles. The quantitative estimate of drug-likeness (QED) is 0.465. The molecule has 0 nitrogen and oxygen atoms in total. The smallest absolute Gasteiger partial charge is 0.00841 e. The van der Waals surface area contributed by atoms with Gasteiger partial charge in [0.1, 0.15) is 0 Å². The highest BCUT2D eigenvalue weighted by Crippen LogP contribution is 2.38. The largest absolute Gasteiger partial charge is 0.115 e. The molecular formula is C14H20. The molecule has 0 heteroatoms. The molecule has 1 aliphatic carbocycles. The maximum Gasteiger partial charge on any atom is -0.00841 e. The van der Waals surface area contributed by atoms with Gasteiger partial charge in [0.2, 0.25) is 0 Å². The molecule has 0 atom stereocenters. The Hall–Kier alpha value is -0.960. The van der Waals surface area contributed by atoms with Gasteiger partial charge in [-0.15, -0.1) is 6.42 Å². The van der Waals surface area contributed by atoms with E-state index in [1.54, 1.807) is 0 Å². The van der Waals surface area contributed by atoms with Crippen LogP contribution in [0.15, 0.2) is 23.3 Å². The molecule has 1 fully saturated rings. The van der Waals surface area contributed by atoms with Crippen LogP contribution in [0.3, 0.4) is 0 Å². The van der Waals surface area contributed by atoms with Gasteiger partial charge in [-0.1, -0.05) is 32.3 Å². The summed E-state index contributed by atoms with van der Waals surface area (Å²) in [6.07, 6.45) is 13.6. The molecular weight excluding hydrogens is 168 g/mol. The summed E-state index contributed by atoms with van der Waals surface area (Å²) >= 11 is 0. The van der Waals surface area contributed by atoms with E-state index in [1.807, 2.05) is 6.08 Å². The van der Waals surface area contributed by atoms with Crippen LogP contribution in [0.5, 0.6) is 0 Å². The highest BCUT2D eigenvalue weighted by molar-refractivity contribution is 5.39. The molecule has 1 aliphatic rings. The number of rotatable bonds is 3. The third-order valence-corrected chi connectivity index (χ3v) is 3.05. The molecule has 0 aromatic carbocycles. The molecule has 0 unspecified atom stereocenters. The molecule has 14 heavy (non-hydrogen) atoms. The molecule has 1 saturated carbocycles. The van der Waals surface area contributed by atoms with E-state index in [0.29, 0.717) is 5.92 Å². The first-order valence-electron chi connectivity index (χ1n) is 5.53. The Bertz CT molecular complexity index is 280. The van der Waals surface area contributed by atoms with Gasteiger partial charge in [-0.3, -0.25) is 0 Å². The van der Waals surface area contributed by atoms with Crippen molar-refractivity contribution in [3.05, 3.63) is 23.3 Å². The minimum absolute atomic E-state index is 0.540. The zero-order chi connectivity index (χ0) is 10.6. The lowest BCUT2D eigenvalue weighted by Gasteiger charge is -2.31. The molecule has 0 aromatic rings. The second-order valence-corrected chi connectivity index (χ2v) is 4.29. The lowest BCUT2D eigenvalue weighted by molar-refractivity contribution is 0.367. The summed E-state index contributed by atoms with van der Waals surface area (Å²) in [7, 11) is 0. The number of allylic oxidation sites excluding steroid dienone is 4. The predicted molar refractivity (Wildman–Crippen MR) is 62.9 cm³/mol. The van der Waals surface area contributed by atoms with E-state index >= 15 is 0 Å². The van der Waals surface area contributed by atoms with Gasteiger partial charge >= 0.3 is 0 Å². The van der Waals surface area contributed by atoms with Gasteiger partial charge in [-0.25, -0.2) is 0 Å². The highest BCUT2D eigenvalue weighted by atomic mass is 14.3. The Morgan fingerprint density at radius 2 is 2.07 bits per heavy atom. The Morgan fingerprint density at radius 1 is 1.43 bits per heavy atom. The van der Waals surface area contributed by atoms with Gasteiger partial charge in [0.25, 0.3) is 0 Å². The molecule has 0 N–H and O–H groups in total. The first-order valence-corrected chi connectivity index (χ1v) is 5.53. The summed E-state index contributed by atoms with van der Waals surface area (Å²) in [5.74, 6) is 3.98. The lowest BCUT2D eigenvalue weighted by Crippen LogP contribution is -2.17. The SMILES string of the molecule is C#C/C=C(\C(=C/C)C1CCC1)C(C)C. The highest BCUT2D eigenvalue weighted by Gasteiger charge is 2.24. The van der Waals surface area contributed by atoms with Crippen molar-refractivity contribution in [1.29, 1.82) is 0 Å². The van der Waals surface area contributed by atoms with E-state index in [0.717, 1.165) is 5.92 Å². The summed E-state index contributed by atoms with van der Waals surface area (Å²) in [4.78, 5) is 0. The van der Waals surface area contributed by atoms with Crippen LogP contribution in [0.1, 0.15) is 40.0 Å². The summed E-state index contributed by atoms with van der Waals surface area (Å²) in [5, 5.41) is 0. The molecule has 0 aliphatic heterocycles. The Labute approximate surface area is 88.1 Å². The number of hydrogen-bond acceptors (Lipinski definition) is 0. The van der Waals surface area contributed by atoms with Crippen LogP contribution in [0, 0.1) is 24.2 Å². The van der Waals surface area contributed by atoms with Gasteiger partial charge in [-0.2, -0.15) is 0 Å². The molecule has 0 spiro atoms. The monoisotopic (exact) mass is 188 g/mol. The van der Waals surface area contributed by atoms with E-state index < -0.39 is 0 Å². The normalized spacial score (nSPS) is 19.4. The standard InChI is InChI=1S/C14H20/c1-5-8-14(11(3)4)13(6-2)12-9-7-10-12/h1,6,8,11-12H,7,9-10H2,2-4H3/b13-6-,14-8-. The first-order chi connectivity index (χ1) is 6.70. The number of terminal acetylenes is 1. The zero-order valence-electron chi connectivity index (χ0n) is 9.51. The second-order valence-electron chi connectivity index (χ2n) is 4.29. The first kappa shape index (κ1) is 11.1. The van der Waals surface area contributed by atoms with Crippen LogP contribution in [-0.2, 0) is 0 Å². The van der Waals surface area contributed by atoms with Crippen LogP contribution in [0.2, 0.25) is 0 Å². The molecule has 0 radical (unpaired) electrons. The van der Waals surface area contributed by atoms with Crippen molar-refractivity contribution in [2.75, 3.05) is 0 Å². The lowest BCUT2D eigenvalue weighted by atomic mass is 9.74. The number of hydrogen-bond donors (Lipinski definition) is 0. The predicted octanol–water partition coefficient (Wildman–Crippen LogP) is 3.95. The third kappa shape index (κ3) is 2.29. The average molecular weight is 188 g/mol. The second kappa shape index (κ2) is 5.05. The maximum atomic E-state index is 5.37. The Morgan fingerprint density at radius 3 is 2.36 bits per heavy atom. The van der Waals surface area contributed by atoms with Crippen molar-refractivity contribution in [2.45, 2.75) is 40.0 Å². The van der Waals surface area contributed by atoms with Crippen molar-refractivity contribution in [2.24, 2.45) is 11.8 Å². The fourth-order valence-electron chi connectivity index (χ4n) is 2.03. The van der Waals surface area contributed by atoms with Gasteiger partial charge in [0, 0.05) is 0 Å². The summed E-state index contributed by atoms with van der Waals surface area (Å²) in [6.45, 7) is 6.55. The van der Waals surface area contributed by atoms with Gasteiger partial charge < -0.3 is 0 Å². The van der Waals surface area contributed by atoms with Gasteiger partial charge in [0.15, 0.2) is 0 Å². The summed E-state index contributed by atoms with van der Waals surface area (Å²) in [6, 6.07) is 0. The maximum absolute atomic E-state index is 5.37. The van der Waals surface area contributed by atoms with Crippen molar-refractivity contribution in [1.82, 2.24) is 0 Å². The van der Waals surface area contributed by atoms with E-state index in [-0.39, 0.29) is 0 Å². The van der Waals surface area contributed by atoms with Crippen LogP contribution in [-0.4, -0.2) is 0 Å². The molecule has 0 heterocycles. The average Bonchev–Trinajstić information content (AvgIpc) is 2.07. The molecule has 1 rings (SSSR count). The topological polar surface area (TPSA) is 0 Å². The van der Waals surface area contributed by atoms with Crippen LogP contribution < -0.4 is 0 Å². The Balaban J connectivity index is 2.86. The third-order valence-electron chi connectivity index (χ3n) is 3.05. The van der Waals surface area contributed by atoms with E-state index in [2.05, 4.69) is 32.8 Å². The minimum Gasteiger partial charge on any atom is -0.115 e. The Kier molecular flexibility index (Phi) is 4.01. The van der Waals surface area contributed by atoms with Gasteiger partial charge in [-0.05, 0) is 48.8 Å². The zero-order valence-corrected chi connectivity index (χ0v) is 9.51. The van der Waals surface area contributed by atoms with E-state index in [9.17, 15) is 0 Å². The molecule has 0 saturated heterocycles. The van der Waals surface area contributed by atoms with Crippen molar-refractivity contribution in [3.8, 4) is 12.3 Å². The van der Waals surface area contributed by atoms with Crippen molar-refractivity contribution >= 4 is 0 Å². The molecule has 76 valence electrons. The van der Waals surface area contributed by atoms with Crippen LogP contribution in [0.4, 0.5) is 0 Å². The summed E-state index contributed by atoms with van der Waals surface area (Å²) < 4.78 is 0. The van der Waals surface area contributed by atoms with Crippen molar-refractivity contribution in [3.63, 3.8) is 0 Å². The van der Waals surface area contributed by atoms with E-state index in [4.69, 9.17) is 6.42 Å². The fraction of sp³-hybridized carbons (Fsp3) is 0.571. The van der Waals surface area contributed by atoms with Gasteiger partial charge in [0.05, 0.1) is 0 Å². The molecule has 0 bridgehead atoms. The fourth-order valence-corrected chi connectivity index (χ4v) is 2.03. The van der Waals surface area contributed by atoms with Crippen molar-refractivity contribution < 1.29 is 0 Å².